The maximum Gasteiger partial charge on any atom is 0.242 e. The van der Waals surface area contributed by atoms with Gasteiger partial charge in [-0.2, -0.15) is 0 Å². The molecule has 3 aromatic carbocycles. The van der Waals surface area contributed by atoms with Crippen LogP contribution >= 0.6 is 23.2 Å². The number of ether oxygens (including phenoxy) is 1. The largest absolute Gasteiger partial charge is 0.491 e. The highest BCUT2D eigenvalue weighted by Gasteiger charge is 2.26. The number of likely N-dealkylation sites (tertiary alicyclic amines) is 1. The van der Waals surface area contributed by atoms with E-state index in [0.29, 0.717) is 10.0 Å². The summed E-state index contributed by atoms with van der Waals surface area (Å²) < 4.78 is 5.88. The van der Waals surface area contributed by atoms with E-state index in [-0.39, 0.29) is 24.6 Å². The first-order valence-electron chi connectivity index (χ1n) is 13.2. The molecule has 1 heterocycles. The zero-order valence-corrected chi connectivity index (χ0v) is 24.2. The molecule has 1 aliphatic heterocycles. The van der Waals surface area contributed by atoms with E-state index in [0.717, 1.165) is 47.8 Å². The summed E-state index contributed by atoms with van der Waals surface area (Å²) in [4.78, 5) is 19.7. The fourth-order valence-corrected chi connectivity index (χ4v) is 5.17. The van der Waals surface area contributed by atoms with Crippen molar-refractivity contribution in [1.29, 1.82) is 0 Å². The molecule has 0 bridgehead atoms. The quantitative estimate of drug-likeness (QED) is 0.266. The van der Waals surface area contributed by atoms with Gasteiger partial charge in [0.05, 0.1) is 28.7 Å². The predicted molar refractivity (Wildman–Crippen MR) is 159 cm³/mol. The third kappa shape index (κ3) is 7.22. The monoisotopic (exact) mass is 553 g/mol. The van der Waals surface area contributed by atoms with Gasteiger partial charge in [0.15, 0.2) is 0 Å². The summed E-state index contributed by atoms with van der Waals surface area (Å²) in [6, 6.07) is 22.1. The Hall–Kier alpha value is -2.73. The molecule has 0 N–H and O–H groups in total. The standard InChI is InChI=1S/C31H37Cl2N3O2/c1-22(2)38-27-9-7-8-25(18-27)23-10-12-24(13-11-23)30(20-36-16-5-6-17-36)35(4)31(37)21-34(3)26-14-15-28(32)29(33)19-26/h7-15,18-19,22,30H,5-6,16-17,20-21H2,1-4H3. The summed E-state index contributed by atoms with van der Waals surface area (Å²) in [6.45, 7) is 7.26. The average molecular weight is 555 g/mol. The molecule has 1 atom stereocenters. The average Bonchev–Trinajstić information content (AvgIpc) is 3.42. The topological polar surface area (TPSA) is 36.0 Å². The van der Waals surface area contributed by atoms with Crippen LogP contribution in [0.5, 0.6) is 5.75 Å². The van der Waals surface area contributed by atoms with Gasteiger partial charge in [0.25, 0.3) is 0 Å². The Bertz CT molecular complexity index is 1230. The minimum Gasteiger partial charge on any atom is -0.491 e. The second-order valence-electron chi connectivity index (χ2n) is 10.3. The summed E-state index contributed by atoms with van der Waals surface area (Å²) >= 11 is 12.3. The van der Waals surface area contributed by atoms with Crippen molar-refractivity contribution in [3.8, 4) is 16.9 Å². The Labute approximate surface area is 236 Å². The van der Waals surface area contributed by atoms with Crippen LogP contribution in [0.15, 0.2) is 66.7 Å². The number of likely N-dealkylation sites (N-methyl/N-ethyl adjacent to an activating group) is 2. The zero-order chi connectivity index (χ0) is 27.2. The Balaban J connectivity index is 1.52. The summed E-state index contributed by atoms with van der Waals surface area (Å²) in [5, 5.41) is 0.977. The summed E-state index contributed by atoms with van der Waals surface area (Å²) in [6.07, 6.45) is 2.54. The van der Waals surface area contributed by atoms with E-state index in [1.54, 1.807) is 12.1 Å². The van der Waals surface area contributed by atoms with Gasteiger partial charge in [-0.15, -0.1) is 0 Å². The Morgan fingerprint density at radius 2 is 1.63 bits per heavy atom. The second-order valence-corrected chi connectivity index (χ2v) is 11.1. The number of hydrogen-bond acceptors (Lipinski definition) is 4. The maximum absolute atomic E-state index is 13.5. The minimum absolute atomic E-state index is 0.0466. The van der Waals surface area contributed by atoms with E-state index in [4.69, 9.17) is 27.9 Å². The van der Waals surface area contributed by atoms with Gasteiger partial charge in [0, 0.05) is 26.3 Å². The van der Waals surface area contributed by atoms with Crippen molar-refractivity contribution < 1.29 is 9.53 Å². The SMILES string of the molecule is CC(C)Oc1cccc(-c2ccc(C(CN3CCCC3)N(C)C(=O)CN(C)c3ccc(Cl)c(Cl)c3)cc2)c1. The van der Waals surface area contributed by atoms with Gasteiger partial charge in [-0.1, -0.05) is 59.6 Å². The van der Waals surface area contributed by atoms with Crippen LogP contribution in [0.1, 0.15) is 38.3 Å². The second kappa shape index (κ2) is 12.9. The molecule has 1 amide bonds. The normalized spacial score (nSPS) is 14.5. The Morgan fingerprint density at radius 3 is 2.29 bits per heavy atom. The van der Waals surface area contributed by atoms with Crippen molar-refractivity contribution >= 4 is 34.8 Å². The Kier molecular flexibility index (Phi) is 9.59. The third-order valence-electron chi connectivity index (χ3n) is 7.04. The molecule has 7 heteroatoms. The lowest BCUT2D eigenvalue weighted by Crippen LogP contribution is -2.42. The highest BCUT2D eigenvalue weighted by Crippen LogP contribution is 2.30. The fraction of sp³-hybridized carbons (Fsp3) is 0.387. The molecule has 1 unspecified atom stereocenters. The van der Waals surface area contributed by atoms with Crippen molar-refractivity contribution in [3.05, 3.63) is 82.3 Å². The lowest BCUT2D eigenvalue weighted by atomic mass is 9.99. The van der Waals surface area contributed by atoms with Crippen LogP contribution in [0.2, 0.25) is 10.0 Å². The summed E-state index contributed by atoms with van der Waals surface area (Å²) in [7, 11) is 3.80. The van der Waals surface area contributed by atoms with Crippen LogP contribution < -0.4 is 9.64 Å². The highest BCUT2D eigenvalue weighted by atomic mass is 35.5. The third-order valence-corrected chi connectivity index (χ3v) is 7.78. The number of anilines is 1. The van der Waals surface area contributed by atoms with E-state index in [9.17, 15) is 4.79 Å². The summed E-state index contributed by atoms with van der Waals surface area (Å²) in [5.41, 5.74) is 4.21. The van der Waals surface area contributed by atoms with Crippen molar-refractivity contribution in [3.63, 3.8) is 0 Å². The van der Waals surface area contributed by atoms with Gasteiger partial charge < -0.3 is 19.4 Å². The van der Waals surface area contributed by atoms with Crippen LogP contribution in [-0.4, -0.2) is 62.1 Å². The minimum atomic E-state index is -0.0486. The molecule has 0 saturated carbocycles. The molecular formula is C31H37Cl2N3O2. The first-order valence-corrected chi connectivity index (χ1v) is 14.0. The Morgan fingerprint density at radius 1 is 0.921 bits per heavy atom. The number of hydrogen-bond donors (Lipinski definition) is 0. The lowest BCUT2D eigenvalue weighted by Gasteiger charge is -2.33. The highest BCUT2D eigenvalue weighted by molar-refractivity contribution is 6.42. The fourth-order valence-electron chi connectivity index (χ4n) is 4.88. The number of carbonyl (C=O) groups is 1. The van der Waals surface area contributed by atoms with Crippen LogP contribution in [0.3, 0.4) is 0 Å². The maximum atomic E-state index is 13.5. The molecule has 1 fully saturated rings. The molecule has 0 aromatic heterocycles. The van der Waals surface area contributed by atoms with E-state index in [2.05, 4.69) is 41.3 Å². The van der Waals surface area contributed by atoms with Gasteiger partial charge in [0.1, 0.15) is 5.75 Å². The van der Waals surface area contributed by atoms with Crippen LogP contribution in [0.25, 0.3) is 11.1 Å². The van der Waals surface area contributed by atoms with Gasteiger partial charge >= 0.3 is 0 Å². The van der Waals surface area contributed by atoms with E-state index in [1.807, 2.05) is 55.9 Å². The van der Waals surface area contributed by atoms with Gasteiger partial charge in [-0.05, 0) is 86.8 Å². The van der Waals surface area contributed by atoms with E-state index >= 15 is 0 Å². The van der Waals surface area contributed by atoms with Crippen molar-refractivity contribution in [2.45, 2.75) is 38.8 Å². The number of benzene rings is 3. The predicted octanol–water partition coefficient (Wildman–Crippen LogP) is 7.18. The van der Waals surface area contributed by atoms with Gasteiger partial charge in [-0.3, -0.25) is 4.79 Å². The molecule has 3 aromatic rings. The van der Waals surface area contributed by atoms with Crippen molar-refractivity contribution in [2.24, 2.45) is 0 Å². The van der Waals surface area contributed by atoms with Crippen LogP contribution in [0, 0.1) is 0 Å². The van der Waals surface area contributed by atoms with Crippen molar-refractivity contribution in [2.75, 3.05) is 45.2 Å². The lowest BCUT2D eigenvalue weighted by molar-refractivity contribution is -0.131. The van der Waals surface area contributed by atoms with Gasteiger partial charge in [0.2, 0.25) is 5.91 Å². The molecule has 1 saturated heterocycles. The van der Waals surface area contributed by atoms with Gasteiger partial charge in [-0.25, -0.2) is 0 Å². The number of amides is 1. The summed E-state index contributed by atoms with van der Waals surface area (Å²) in [5.74, 6) is 0.912. The first-order chi connectivity index (χ1) is 18.2. The van der Waals surface area contributed by atoms with Crippen molar-refractivity contribution in [1.82, 2.24) is 9.80 Å². The molecule has 4 rings (SSSR count). The molecule has 0 radical (unpaired) electrons. The molecule has 0 spiro atoms. The van der Waals surface area contributed by atoms with Crippen LogP contribution in [0.4, 0.5) is 5.69 Å². The number of halogens is 2. The van der Waals surface area contributed by atoms with Crippen LogP contribution in [-0.2, 0) is 4.79 Å². The molecule has 5 nitrogen and oxygen atoms in total. The van der Waals surface area contributed by atoms with E-state index in [1.165, 1.54) is 12.8 Å². The molecule has 202 valence electrons. The molecule has 1 aliphatic rings. The number of rotatable bonds is 10. The molecule has 0 aliphatic carbocycles. The molecular weight excluding hydrogens is 517 g/mol. The number of carbonyl (C=O) groups excluding carboxylic acids is 1. The molecule has 38 heavy (non-hydrogen) atoms. The number of nitrogens with zero attached hydrogens (tertiary/aromatic N) is 3. The smallest absolute Gasteiger partial charge is 0.242 e. The zero-order valence-electron chi connectivity index (χ0n) is 22.7. The first kappa shape index (κ1) is 28.3. The van der Waals surface area contributed by atoms with E-state index < -0.39 is 0 Å².